The van der Waals surface area contributed by atoms with Gasteiger partial charge in [-0.2, -0.15) is 0 Å². The van der Waals surface area contributed by atoms with Crippen molar-refractivity contribution in [1.29, 1.82) is 0 Å². The Hall–Kier alpha value is -1.22. The fraction of sp³-hybridized carbons (Fsp3) is 0.600. The minimum absolute atomic E-state index is 0.0904. The lowest BCUT2D eigenvalue weighted by atomic mass is 9.80. The maximum Gasteiger partial charge on any atom is 0.161 e. The maximum atomic E-state index is 5.43. The highest BCUT2D eigenvalue weighted by atomic mass is 16.5. The van der Waals surface area contributed by atoms with Crippen molar-refractivity contribution in [3.05, 3.63) is 23.3 Å². The molecule has 1 atom stereocenters. The number of hydrogen-bond acceptors (Lipinski definition) is 3. The van der Waals surface area contributed by atoms with Crippen LogP contribution in [0.15, 0.2) is 12.1 Å². The lowest BCUT2D eigenvalue weighted by Crippen LogP contribution is -2.45. The zero-order valence-corrected chi connectivity index (χ0v) is 12.0. The summed E-state index contributed by atoms with van der Waals surface area (Å²) in [7, 11) is 5.58. The number of likely N-dealkylation sites (N-methyl/N-ethyl adjacent to an activating group) is 1. The van der Waals surface area contributed by atoms with E-state index in [1.165, 1.54) is 11.1 Å². The van der Waals surface area contributed by atoms with Crippen LogP contribution in [0.25, 0.3) is 0 Å². The largest absolute Gasteiger partial charge is 0.493 e. The van der Waals surface area contributed by atoms with E-state index in [0.717, 1.165) is 30.9 Å². The molecule has 1 aromatic rings. The van der Waals surface area contributed by atoms with Gasteiger partial charge in [-0.05, 0) is 50.1 Å². The molecule has 3 heteroatoms. The third-order valence-corrected chi connectivity index (χ3v) is 4.44. The average molecular weight is 249 g/mol. The monoisotopic (exact) mass is 249 g/mol. The van der Waals surface area contributed by atoms with E-state index in [0.29, 0.717) is 0 Å². The summed E-state index contributed by atoms with van der Waals surface area (Å²) in [5, 5.41) is 0. The quantitative estimate of drug-likeness (QED) is 0.822. The molecule has 0 spiro atoms. The van der Waals surface area contributed by atoms with Crippen LogP contribution in [0.4, 0.5) is 0 Å². The molecule has 0 fully saturated rings. The molecule has 0 amide bonds. The molecule has 1 aliphatic rings. The van der Waals surface area contributed by atoms with Crippen molar-refractivity contribution in [1.82, 2.24) is 4.90 Å². The summed E-state index contributed by atoms with van der Waals surface area (Å²) in [4.78, 5) is 2.43. The topological polar surface area (TPSA) is 21.7 Å². The first kappa shape index (κ1) is 13.2. The number of nitrogens with zero attached hydrogens (tertiary/aromatic N) is 1. The van der Waals surface area contributed by atoms with Crippen molar-refractivity contribution in [2.75, 3.05) is 27.8 Å². The van der Waals surface area contributed by atoms with Gasteiger partial charge in [0.05, 0.1) is 14.2 Å². The van der Waals surface area contributed by atoms with E-state index in [4.69, 9.17) is 9.47 Å². The summed E-state index contributed by atoms with van der Waals surface area (Å²) < 4.78 is 10.8. The first-order valence-corrected chi connectivity index (χ1v) is 6.53. The Balaban J connectivity index is 2.58. The number of ether oxygens (including phenoxy) is 2. The molecular formula is C15H23NO2. The molecule has 0 saturated heterocycles. The van der Waals surface area contributed by atoms with E-state index < -0.39 is 0 Å². The fourth-order valence-corrected chi connectivity index (χ4v) is 2.83. The van der Waals surface area contributed by atoms with Gasteiger partial charge in [0.25, 0.3) is 0 Å². The SMILES string of the molecule is CCC1(C)c2cc(OC)c(OC)cc2CCN1C. The van der Waals surface area contributed by atoms with Gasteiger partial charge in [0.1, 0.15) is 0 Å². The van der Waals surface area contributed by atoms with E-state index in [1.54, 1.807) is 14.2 Å². The first-order valence-electron chi connectivity index (χ1n) is 6.53. The van der Waals surface area contributed by atoms with Crippen molar-refractivity contribution in [2.45, 2.75) is 32.2 Å². The first-order chi connectivity index (χ1) is 8.56. The number of benzene rings is 1. The summed E-state index contributed by atoms with van der Waals surface area (Å²) in [6.07, 6.45) is 2.16. The average Bonchev–Trinajstić information content (AvgIpc) is 2.41. The third kappa shape index (κ3) is 1.87. The Bertz CT molecular complexity index is 444. The molecular weight excluding hydrogens is 226 g/mol. The molecule has 1 unspecified atom stereocenters. The van der Waals surface area contributed by atoms with Gasteiger partial charge in [0, 0.05) is 12.1 Å². The molecule has 0 radical (unpaired) electrons. The molecule has 0 saturated carbocycles. The smallest absolute Gasteiger partial charge is 0.161 e. The van der Waals surface area contributed by atoms with Gasteiger partial charge in [-0.1, -0.05) is 6.92 Å². The third-order valence-electron chi connectivity index (χ3n) is 4.44. The summed E-state index contributed by atoms with van der Waals surface area (Å²) >= 11 is 0. The number of rotatable bonds is 3. The van der Waals surface area contributed by atoms with Crippen LogP contribution < -0.4 is 9.47 Å². The molecule has 0 aliphatic carbocycles. The van der Waals surface area contributed by atoms with Crippen molar-refractivity contribution in [2.24, 2.45) is 0 Å². The standard InChI is InChI=1S/C15H23NO2/c1-6-15(2)12-10-14(18-5)13(17-4)9-11(12)7-8-16(15)3/h9-10H,6-8H2,1-5H3. The second-order valence-electron chi connectivity index (χ2n) is 5.16. The minimum Gasteiger partial charge on any atom is -0.493 e. The van der Waals surface area contributed by atoms with Crippen LogP contribution in [0.1, 0.15) is 31.4 Å². The Morgan fingerprint density at radius 1 is 1.22 bits per heavy atom. The zero-order valence-electron chi connectivity index (χ0n) is 12.0. The molecule has 1 aliphatic heterocycles. The molecule has 0 bridgehead atoms. The number of hydrogen-bond donors (Lipinski definition) is 0. The van der Waals surface area contributed by atoms with Crippen molar-refractivity contribution in [3.63, 3.8) is 0 Å². The second kappa shape index (κ2) is 4.81. The Morgan fingerprint density at radius 2 is 1.83 bits per heavy atom. The van der Waals surface area contributed by atoms with E-state index in [1.807, 2.05) is 0 Å². The van der Waals surface area contributed by atoms with Gasteiger partial charge in [-0.3, -0.25) is 4.90 Å². The number of fused-ring (bicyclic) bond motifs is 1. The van der Waals surface area contributed by atoms with E-state index in [9.17, 15) is 0 Å². The molecule has 2 rings (SSSR count). The predicted octanol–water partition coefficient (Wildman–Crippen LogP) is 2.82. The molecule has 100 valence electrons. The summed E-state index contributed by atoms with van der Waals surface area (Å²) in [6, 6.07) is 4.28. The molecule has 0 N–H and O–H groups in total. The highest BCUT2D eigenvalue weighted by molar-refractivity contribution is 5.50. The van der Waals surface area contributed by atoms with Crippen LogP contribution in [0, 0.1) is 0 Å². The zero-order chi connectivity index (χ0) is 13.3. The predicted molar refractivity (Wildman–Crippen MR) is 73.5 cm³/mol. The van der Waals surface area contributed by atoms with Crippen molar-refractivity contribution < 1.29 is 9.47 Å². The summed E-state index contributed by atoms with van der Waals surface area (Å²) in [5.41, 5.74) is 2.85. The van der Waals surface area contributed by atoms with Crippen LogP contribution in [-0.2, 0) is 12.0 Å². The van der Waals surface area contributed by atoms with Gasteiger partial charge in [-0.15, -0.1) is 0 Å². The van der Waals surface area contributed by atoms with Gasteiger partial charge in [-0.25, -0.2) is 0 Å². The Kier molecular flexibility index (Phi) is 3.53. The normalized spacial score (nSPS) is 23.6. The van der Waals surface area contributed by atoms with Gasteiger partial charge >= 0.3 is 0 Å². The van der Waals surface area contributed by atoms with Gasteiger partial charge in [0.2, 0.25) is 0 Å². The van der Waals surface area contributed by atoms with Crippen molar-refractivity contribution >= 4 is 0 Å². The highest BCUT2D eigenvalue weighted by Gasteiger charge is 2.35. The maximum absolute atomic E-state index is 5.43. The fourth-order valence-electron chi connectivity index (χ4n) is 2.83. The van der Waals surface area contributed by atoms with Crippen LogP contribution in [0.5, 0.6) is 11.5 Å². The van der Waals surface area contributed by atoms with Gasteiger partial charge < -0.3 is 9.47 Å². The summed E-state index contributed by atoms with van der Waals surface area (Å²) in [5.74, 6) is 1.66. The van der Waals surface area contributed by atoms with Crippen LogP contribution in [-0.4, -0.2) is 32.7 Å². The molecule has 3 nitrogen and oxygen atoms in total. The summed E-state index contributed by atoms with van der Waals surface area (Å²) in [6.45, 7) is 5.63. The lowest BCUT2D eigenvalue weighted by Gasteiger charge is -2.44. The Morgan fingerprint density at radius 3 is 2.39 bits per heavy atom. The van der Waals surface area contributed by atoms with E-state index in [-0.39, 0.29) is 5.54 Å². The molecule has 1 aromatic carbocycles. The molecule has 1 heterocycles. The van der Waals surface area contributed by atoms with E-state index >= 15 is 0 Å². The minimum atomic E-state index is 0.0904. The lowest BCUT2D eigenvalue weighted by molar-refractivity contribution is 0.118. The van der Waals surface area contributed by atoms with Crippen LogP contribution in [0.3, 0.4) is 0 Å². The molecule has 18 heavy (non-hydrogen) atoms. The van der Waals surface area contributed by atoms with Crippen LogP contribution >= 0.6 is 0 Å². The highest BCUT2D eigenvalue weighted by Crippen LogP contribution is 2.42. The van der Waals surface area contributed by atoms with Crippen molar-refractivity contribution in [3.8, 4) is 11.5 Å². The van der Waals surface area contributed by atoms with Crippen LogP contribution in [0.2, 0.25) is 0 Å². The molecule has 0 aromatic heterocycles. The Labute approximate surface area is 110 Å². The second-order valence-corrected chi connectivity index (χ2v) is 5.16. The van der Waals surface area contributed by atoms with E-state index in [2.05, 4.69) is 37.9 Å². The van der Waals surface area contributed by atoms with Gasteiger partial charge in [0.15, 0.2) is 11.5 Å². The number of methoxy groups -OCH3 is 2.